The van der Waals surface area contributed by atoms with Crippen LogP contribution >= 0.6 is 0 Å². The summed E-state index contributed by atoms with van der Waals surface area (Å²) in [5, 5.41) is 18.5. The first-order chi connectivity index (χ1) is 12.9. The highest BCUT2D eigenvalue weighted by atomic mass is 16.5. The van der Waals surface area contributed by atoms with Gasteiger partial charge in [-0.3, -0.25) is 9.59 Å². The molecule has 142 valence electrons. The van der Waals surface area contributed by atoms with Gasteiger partial charge in [0.2, 0.25) is 5.43 Å². The van der Waals surface area contributed by atoms with E-state index < -0.39 is 10.8 Å². The largest absolute Gasteiger partial charge is 0.493 e. The van der Waals surface area contributed by atoms with Crippen molar-refractivity contribution in [3.63, 3.8) is 0 Å². The molecular formula is C21H22O6. The van der Waals surface area contributed by atoms with Crippen molar-refractivity contribution in [2.24, 2.45) is 5.41 Å². The fourth-order valence-electron chi connectivity index (χ4n) is 2.86. The summed E-state index contributed by atoms with van der Waals surface area (Å²) in [6.45, 7) is 3.49. The van der Waals surface area contributed by atoms with Gasteiger partial charge < -0.3 is 19.7 Å². The van der Waals surface area contributed by atoms with Gasteiger partial charge in [0.05, 0.1) is 19.8 Å². The summed E-state index contributed by atoms with van der Waals surface area (Å²) in [4.78, 5) is 25.8. The predicted octanol–water partition coefficient (Wildman–Crippen LogP) is 2.03. The van der Waals surface area contributed by atoms with Crippen LogP contribution in [0.15, 0.2) is 41.2 Å². The summed E-state index contributed by atoms with van der Waals surface area (Å²) in [5.41, 5.74) is 0.654. The molecule has 3 rings (SSSR count). The average molecular weight is 370 g/mol. The quantitative estimate of drug-likeness (QED) is 0.661. The smallest absolute Gasteiger partial charge is 0.229 e. The number of aliphatic hydroxyl groups is 2. The Kier molecular flexibility index (Phi) is 5.30. The van der Waals surface area contributed by atoms with Crippen LogP contribution in [-0.4, -0.2) is 42.4 Å². The Hall–Kier alpha value is -2.70. The number of ether oxygens (including phenoxy) is 2. The summed E-state index contributed by atoms with van der Waals surface area (Å²) >= 11 is 0. The molecule has 2 aromatic rings. The molecule has 0 radical (unpaired) electrons. The fourth-order valence-corrected chi connectivity index (χ4v) is 2.86. The van der Waals surface area contributed by atoms with Gasteiger partial charge in [0.25, 0.3) is 0 Å². The lowest BCUT2D eigenvalue weighted by molar-refractivity contribution is 0.0970. The van der Waals surface area contributed by atoms with E-state index >= 15 is 0 Å². The van der Waals surface area contributed by atoms with E-state index in [0.29, 0.717) is 16.9 Å². The zero-order chi connectivity index (χ0) is 19.6. The van der Waals surface area contributed by atoms with Gasteiger partial charge in [0, 0.05) is 28.2 Å². The Morgan fingerprint density at radius 2 is 1.67 bits per heavy atom. The van der Waals surface area contributed by atoms with Crippen molar-refractivity contribution in [1.82, 2.24) is 0 Å². The van der Waals surface area contributed by atoms with E-state index in [4.69, 9.17) is 14.6 Å². The number of fused-ring (bicyclic) bond motifs is 3. The number of rotatable bonds is 7. The second-order valence-electron chi connectivity index (χ2n) is 7.23. The maximum Gasteiger partial charge on any atom is 0.229 e. The molecule has 0 heterocycles. The number of carbonyl (C=O) groups excluding carboxylic acids is 1. The van der Waals surface area contributed by atoms with E-state index in [1.54, 1.807) is 30.3 Å². The Bertz CT molecular complexity index is 932. The lowest BCUT2D eigenvalue weighted by atomic mass is 9.96. The molecule has 0 atom stereocenters. The molecule has 0 fully saturated rings. The van der Waals surface area contributed by atoms with E-state index in [9.17, 15) is 14.7 Å². The number of carbonyl (C=O) groups is 1. The first-order valence-corrected chi connectivity index (χ1v) is 8.72. The molecule has 0 bridgehead atoms. The van der Waals surface area contributed by atoms with E-state index in [2.05, 4.69) is 0 Å². The number of ketones is 1. The van der Waals surface area contributed by atoms with Crippen LogP contribution in [0.5, 0.6) is 11.5 Å². The highest BCUT2D eigenvalue weighted by molar-refractivity contribution is 6.21. The van der Waals surface area contributed by atoms with Crippen molar-refractivity contribution in [1.29, 1.82) is 0 Å². The van der Waals surface area contributed by atoms with E-state index in [1.807, 2.05) is 13.8 Å². The van der Waals surface area contributed by atoms with Crippen LogP contribution in [0, 0.1) is 5.41 Å². The van der Waals surface area contributed by atoms with Crippen LogP contribution < -0.4 is 14.9 Å². The van der Waals surface area contributed by atoms with E-state index in [0.717, 1.165) is 0 Å². The molecule has 0 spiro atoms. The summed E-state index contributed by atoms with van der Waals surface area (Å²) in [7, 11) is 0. The second-order valence-corrected chi connectivity index (χ2v) is 7.23. The van der Waals surface area contributed by atoms with Crippen molar-refractivity contribution in [2.45, 2.75) is 13.8 Å². The van der Waals surface area contributed by atoms with Gasteiger partial charge in [-0.15, -0.1) is 0 Å². The first kappa shape index (κ1) is 19.1. The summed E-state index contributed by atoms with van der Waals surface area (Å²) < 4.78 is 11.2. The van der Waals surface area contributed by atoms with Crippen LogP contribution in [0.25, 0.3) is 11.1 Å². The minimum Gasteiger partial charge on any atom is -0.493 e. The van der Waals surface area contributed by atoms with Crippen LogP contribution in [0.3, 0.4) is 0 Å². The normalized spacial score (nSPS) is 12.5. The standard InChI is InChI=1S/C21H22O6/c1-21(2,11-23)12-27-13-9-16-18(20(25)17(10-13)26-8-7-22)14-5-3-4-6-15(14)19(16)24/h3-6,9-10,22-23H,7-8,11-12H2,1-2H3. The molecule has 2 N–H and O–H groups in total. The monoisotopic (exact) mass is 370 g/mol. The number of hydrogen-bond donors (Lipinski definition) is 2. The highest BCUT2D eigenvalue weighted by Gasteiger charge is 2.30. The second kappa shape index (κ2) is 7.50. The van der Waals surface area contributed by atoms with Crippen molar-refractivity contribution < 1.29 is 24.5 Å². The van der Waals surface area contributed by atoms with Gasteiger partial charge in [-0.25, -0.2) is 0 Å². The summed E-state index contributed by atoms with van der Waals surface area (Å²) in [6.07, 6.45) is 0. The maximum absolute atomic E-state index is 13.0. The molecule has 6 heteroatoms. The molecule has 0 aliphatic heterocycles. The SMILES string of the molecule is CC(C)(CO)COc1cc2c(c(=O)c(OCCO)c1)-c1ccccc1C2=O. The Morgan fingerprint density at radius 1 is 0.963 bits per heavy atom. The molecule has 0 saturated heterocycles. The minimum atomic E-state index is -0.489. The highest BCUT2D eigenvalue weighted by Crippen LogP contribution is 2.36. The van der Waals surface area contributed by atoms with Crippen LogP contribution in [0.2, 0.25) is 0 Å². The van der Waals surface area contributed by atoms with Gasteiger partial charge in [-0.05, 0) is 11.6 Å². The average Bonchev–Trinajstić information content (AvgIpc) is 2.85. The van der Waals surface area contributed by atoms with Gasteiger partial charge in [-0.2, -0.15) is 0 Å². The molecule has 0 unspecified atom stereocenters. The maximum atomic E-state index is 13.0. The van der Waals surface area contributed by atoms with Gasteiger partial charge in [-0.1, -0.05) is 38.1 Å². The van der Waals surface area contributed by atoms with Gasteiger partial charge >= 0.3 is 0 Å². The Morgan fingerprint density at radius 3 is 2.33 bits per heavy atom. The topological polar surface area (TPSA) is 93.1 Å². The third-order valence-electron chi connectivity index (χ3n) is 4.37. The molecular weight excluding hydrogens is 348 g/mol. The fraction of sp³-hybridized carbons (Fsp3) is 0.333. The molecule has 0 amide bonds. The third kappa shape index (κ3) is 3.72. The number of aliphatic hydroxyl groups excluding tert-OH is 2. The van der Waals surface area contributed by atoms with Crippen molar-refractivity contribution in [3.8, 4) is 22.6 Å². The summed E-state index contributed by atoms with van der Waals surface area (Å²) in [6, 6.07) is 9.89. The van der Waals surface area contributed by atoms with Crippen LogP contribution in [0.4, 0.5) is 0 Å². The lowest BCUT2D eigenvalue weighted by Crippen LogP contribution is -2.25. The Labute approximate surface area is 157 Å². The van der Waals surface area contributed by atoms with Crippen molar-refractivity contribution in [2.75, 3.05) is 26.4 Å². The van der Waals surface area contributed by atoms with Crippen molar-refractivity contribution in [3.05, 3.63) is 57.7 Å². The molecule has 27 heavy (non-hydrogen) atoms. The first-order valence-electron chi connectivity index (χ1n) is 8.72. The van der Waals surface area contributed by atoms with Gasteiger partial charge in [0.15, 0.2) is 11.5 Å². The predicted molar refractivity (Wildman–Crippen MR) is 101 cm³/mol. The zero-order valence-corrected chi connectivity index (χ0v) is 15.3. The minimum absolute atomic E-state index is 0.00612. The van der Waals surface area contributed by atoms with Crippen LogP contribution in [0.1, 0.15) is 29.8 Å². The molecule has 1 aliphatic rings. The van der Waals surface area contributed by atoms with Crippen molar-refractivity contribution >= 4 is 5.78 Å². The zero-order valence-electron chi connectivity index (χ0n) is 15.3. The number of hydrogen-bond acceptors (Lipinski definition) is 6. The lowest BCUT2D eigenvalue weighted by Gasteiger charge is -2.21. The van der Waals surface area contributed by atoms with Crippen LogP contribution in [-0.2, 0) is 0 Å². The molecule has 2 aromatic carbocycles. The molecule has 0 saturated carbocycles. The Balaban J connectivity index is 2.15. The molecule has 6 nitrogen and oxygen atoms in total. The third-order valence-corrected chi connectivity index (χ3v) is 4.37. The van der Waals surface area contributed by atoms with E-state index in [1.165, 1.54) is 6.07 Å². The van der Waals surface area contributed by atoms with E-state index in [-0.39, 0.29) is 49.1 Å². The van der Waals surface area contributed by atoms with Gasteiger partial charge in [0.1, 0.15) is 12.4 Å². The molecule has 0 aromatic heterocycles. The molecule has 1 aliphatic carbocycles. The number of benzene rings is 1. The summed E-state index contributed by atoms with van der Waals surface area (Å²) in [5.74, 6) is 0.0591.